The number of nitrogens with one attached hydrogen (secondary N) is 1. The lowest BCUT2D eigenvalue weighted by molar-refractivity contribution is -0.122. The second kappa shape index (κ2) is 6.01. The van der Waals surface area contributed by atoms with Crippen LogP contribution < -0.4 is 5.32 Å². The van der Waals surface area contributed by atoms with Crippen molar-refractivity contribution in [1.29, 1.82) is 0 Å². The minimum Gasteiger partial charge on any atom is -0.324 e. The molecule has 2 heterocycles. The van der Waals surface area contributed by atoms with Crippen LogP contribution >= 0.6 is 11.6 Å². The quantitative estimate of drug-likeness (QED) is 0.744. The minimum atomic E-state index is -0.624. The Balaban J connectivity index is 1.84. The molecule has 3 rings (SSSR count). The van der Waals surface area contributed by atoms with Crippen molar-refractivity contribution in [3.63, 3.8) is 0 Å². The summed E-state index contributed by atoms with van der Waals surface area (Å²) in [6.07, 6.45) is 3.37. The smallest absolute Gasteiger partial charge is 0.231 e. The van der Waals surface area contributed by atoms with E-state index in [1.807, 2.05) is 41.0 Å². The molecule has 118 valence electrons. The molecule has 0 radical (unpaired) electrons. The third-order valence-corrected chi connectivity index (χ3v) is 4.32. The number of rotatable bonds is 4. The van der Waals surface area contributed by atoms with E-state index in [9.17, 15) is 4.79 Å². The van der Waals surface area contributed by atoms with Gasteiger partial charge < -0.3 is 5.32 Å². The van der Waals surface area contributed by atoms with E-state index in [0.717, 1.165) is 16.9 Å². The molecule has 0 saturated carbocycles. The highest BCUT2D eigenvalue weighted by molar-refractivity contribution is 6.20. The summed E-state index contributed by atoms with van der Waals surface area (Å²) in [5, 5.41) is 2.83. The highest BCUT2D eigenvalue weighted by Gasteiger charge is 2.26. The maximum absolute atomic E-state index is 12.1. The zero-order valence-corrected chi connectivity index (χ0v) is 13.7. The molecule has 3 aromatic rings. The van der Waals surface area contributed by atoms with Crippen molar-refractivity contribution >= 4 is 34.2 Å². The van der Waals surface area contributed by atoms with Crippen LogP contribution in [0.3, 0.4) is 0 Å². The molecule has 23 heavy (non-hydrogen) atoms. The predicted octanol–water partition coefficient (Wildman–Crippen LogP) is 3.62. The molecule has 0 bridgehead atoms. The normalized spacial score (nSPS) is 11.6. The van der Waals surface area contributed by atoms with Gasteiger partial charge >= 0.3 is 0 Å². The van der Waals surface area contributed by atoms with Gasteiger partial charge in [0.2, 0.25) is 5.91 Å². The van der Waals surface area contributed by atoms with E-state index in [0.29, 0.717) is 5.69 Å². The van der Waals surface area contributed by atoms with Crippen molar-refractivity contribution in [1.82, 2.24) is 14.5 Å². The third kappa shape index (κ3) is 3.05. The molecule has 0 spiro atoms. The van der Waals surface area contributed by atoms with Crippen LogP contribution in [0.1, 0.15) is 13.8 Å². The fourth-order valence-electron chi connectivity index (χ4n) is 2.11. The molecule has 0 aliphatic rings. The van der Waals surface area contributed by atoms with Gasteiger partial charge in [-0.15, -0.1) is 11.6 Å². The Kier molecular flexibility index (Phi) is 4.05. The number of fused-ring (bicyclic) bond motifs is 1. The molecule has 0 atom stereocenters. The molecule has 0 fully saturated rings. The number of para-hydroxylation sites is 2. The molecule has 0 aliphatic heterocycles. The van der Waals surface area contributed by atoms with Crippen LogP contribution in [0.15, 0.2) is 48.9 Å². The van der Waals surface area contributed by atoms with Gasteiger partial charge in [0.25, 0.3) is 0 Å². The summed E-state index contributed by atoms with van der Waals surface area (Å²) in [4.78, 5) is 20.9. The number of halogens is 1. The van der Waals surface area contributed by atoms with Crippen molar-refractivity contribution in [3.8, 4) is 5.82 Å². The van der Waals surface area contributed by atoms with Gasteiger partial charge in [-0.1, -0.05) is 12.1 Å². The van der Waals surface area contributed by atoms with E-state index >= 15 is 0 Å². The molecule has 5 nitrogen and oxygen atoms in total. The van der Waals surface area contributed by atoms with Crippen molar-refractivity contribution in [2.75, 3.05) is 11.2 Å². The molecule has 0 saturated heterocycles. The van der Waals surface area contributed by atoms with Crippen LogP contribution in [0.4, 0.5) is 5.69 Å². The van der Waals surface area contributed by atoms with Crippen molar-refractivity contribution in [2.24, 2.45) is 5.41 Å². The molecular formula is C17H17ClN4O. The van der Waals surface area contributed by atoms with E-state index in [-0.39, 0.29) is 11.8 Å². The number of carbonyl (C=O) groups excluding carboxylic acids is 1. The molecule has 0 aliphatic carbocycles. The highest BCUT2D eigenvalue weighted by atomic mass is 35.5. The predicted molar refractivity (Wildman–Crippen MR) is 92.0 cm³/mol. The first kappa shape index (κ1) is 15.5. The number of nitrogens with zero attached hydrogens (tertiary/aromatic N) is 3. The second-order valence-corrected chi connectivity index (χ2v) is 6.25. The van der Waals surface area contributed by atoms with Crippen molar-refractivity contribution < 1.29 is 4.79 Å². The molecule has 0 unspecified atom stereocenters. The standard InChI is InChI=1S/C17H17ClN4O/c1-17(2,10-18)16(23)21-12-7-8-15(19-9-12)22-11-20-13-5-3-4-6-14(13)22/h3-9,11H,10H2,1-2H3,(H,21,23). The summed E-state index contributed by atoms with van der Waals surface area (Å²) in [7, 11) is 0. The minimum absolute atomic E-state index is 0.130. The number of hydrogen-bond acceptors (Lipinski definition) is 3. The summed E-state index contributed by atoms with van der Waals surface area (Å²) in [6, 6.07) is 11.5. The second-order valence-electron chi connectivity index (χ2n) is 5.98. The van der Waals surface area contributed by atoms with Crippen LogP contribution in [-0.4, -0.2) is 26.3 Å². The van der Waals surface area contributed by atoms with Crippen LogP contribution in [0.2, 0.25) is 0 Å². The van der Waals surface area contributed by atoms with Crippen molar-refractivity contribution in [3.05, 3.63) is 48.9 Å². The summed E-state index contributed by atoms with van der Waals surface area (Å²) < 4.78 is 1.91. The highest BCUT2D eigenvalue weighted by Crippen LogP contribution is 2.21. The van der Waals surface area contributed by atoms with Gasteiger partial charge in [-0.2, -0.15) is 0 Å². The SMILES string of the molecule is CC(C)(CCl)C(=O)Nc1ccc(-n2cnc3ccccc32)nc1. The summed E-state index contributed by atoms with van der Waals surface area (Å²) in [6.45, 7) is 3.60. The fraction of sp³-hybridized carbons (Fsp3) is 0.235. The number of amides is 1. The maximum Gasteiger partial charge on any atom is 0.231 e. The molecule has 1 aromatic carbocycles. The van der Waals surface area contributed by atoms with E-state index in [1.165, 1.54) is 0 Å². The Hall–Kier alpha value is -2.40. The number of hydrogen-bond donors (Lipinski definition) is 1. The average molecular weight is 329 g/mol. The number of anilines is 1. The summed E-state index contributed by atoms with van der Waals surface area (Å²) in [5.74, 6) is 0.870. The maximum atomic E-state index is 12.1. The van der Waals surface area contributed by atoms with Gasteiger partial charge in [-0.05, 0) is 38.1 Å². The Morgan fingerprint density at radius 3 is 2.70 bits per heavy atom. The van der Waals surface area contributed by atoms with Gasteiger partial charge in [-0.25, -0.2) is 9.97 Å². The number of pyridine rings is 1. The largest absolute Gasteiger partial charge is 0.324 e. The lowest BCUT2D eigenvalue weighted by atomic mass is 9.95. The molecule has 1 amide bonds. The van der Waals surface area contributed by atoms with Gasteiger partial charge in [0, 0.05) is 5.88 Å². The number of imidazole rings is 1. The Labute approximate surface area is 139 Å². The first-order valence-corrected chi connectivity index (χ1v) is 7.81. The van der Waals surface area contributed by atoms with Gasteiger partial charge in [-0.3, -0.25) is 9.36 Å². The average Bonchev–Trinajstić information content (AvgIpc) is 2.99. The molecule has 2 aromatic heterocycles. The monoisotopic (exact) mass is 328 g/mol. The first-order chi connectivity index (χ1) is 11.0. The van der Waals surface area contributed by atoms with Crippen LogP contribution in [-0.2, 0) is 4.79 Å². The molecule has 6 heteroatoms. The van der Waals surface area contributed by atoms with E-state index in [2.05, 4.69) is 15.3 Å². The molecule has 1 N–H and O–H groups in total. The van der Waals surface area contributed by atoms with Crippen LogP contribution in [0, 0.1) is 5.41 Å². The Bertz CT molecular complexity index is 839. The number of carbonyl (C=O) groups is 1. The topological polar surface area (TPSA) is 59.8 Å². The number of aromatic nitrogens is 3. The Morgan fingerprint density at radius 2 is 2.00 bits per heavy atom. The van der Waals surface area contributed by atoms with E-state index < -0.39 is 5.41 Å². The third-order valence-electron chi connectivity index (χ3n) is 3.65. The van der Waals surface area contributed by atoms with Gasteiger partial charge in [0.05, 0.1) is 28.3 Å². The Morgan fingerprint density at radius 1 is 1.22 bits per heavy atom. The summed E-state index contributed by atoms with van der Waals surface area (Å²) in [5.41, 5.74) is 1.91. The number of alkyl halides is 1. The molecular weight excluding hydrogens is 312 g/mol. The van der Waals surface area contributed by atoms with Gasteiger partial charge in [0.15, 0.2) is 0 Å². The van der Waals surface area contributed by atoms with E-state index in [1.54, 1.807) is 26.4 Å². The zero-order valence-electron chi connectivity index (χ0n) is 13.0. The van der Waals surface area contributed by atoms with E-state index in [4.69, 9.17) is 11.6 Å². The van der Waals surface area contributed by atoms with Gasteiger partial charge in [0.1, 0.15) is 12.1 Å². The summed E-state index contributed by atoms with van der Waals surface area (Å²) >= 11 is 5.82. The lowest BCUT2D eigenvalue weighted by Crippen LogP contribution is -2.32. The van der Waals surface area contributed by atoms with Crippen LogP contribution in [0.5, 0.6) is 0 Å². The van der Waals surface area contributed by atoms with Crippen molar-refractivity contribution in [2.45, 2.75) is 13.8 Å². The van der Waals surface area contributed by atoms with Crippen LogP contribution in [0.25, 0.3) is 16.9 Å². The number of benzene rings is 1. The fourth-order valence-corrected chi connectivity index (χ4v) is 2.23. The lowest BCUT2D eigenvalue weighted by Gasteiger charge is -2.20. The zero-order chi connectivity index (χ0) is 16.4. The first-order valence-electron chi connectivity index (χ1n) is 7.27.